The summed E-state index contributed by atoms with van der Waals surface area (Å²) in [5.74, 6) is 2.85. The second kappa shape index (κ2) is 3.59. The Bertz CT molecular complexity index is 343. The van der Waals surface area contributed by atoms with Crippen molar-refractivity contribution in [2.24, 2.45) is 28.6 Å². The molecule has 0 spiro atoms. The number of ketones is 1. The molecule has 1 nitrogen and oxygen atoms in total. The van der Waals surface area contributed by atoms with Gasteiger partial charge in [-0.25, -0.2) is 0 Å². The predicted octanol–water partition coefficient (Wildman–Crippen LogP) is 4.21. The first-order chi connectivity index (χ1) is 7.93. The van der Waals surface area contributed by atoms with E-state index in [1.54, 1.807) is 0 Å². The van der Waals surface area contributed by atoms with Crippen molar-refractivity contribution in [1.29, 1.82) is 0 Å². The van der Waals surface area contributed by atoms with Gasteiger partial charge in [0.2, 0.25) is 0 Å². The lowest BCUT2D eigenvalue weighted by molar-refractivity contribution is -0.118. The van der Waals surface area contributed by atoms with E-state index in [1.165, 1.54) is 32.1 Å². The van der Waals surface area contributed by atoms with Crippen molar-refractivity contribution in [3.05, 3.63) is 0 Å². The van der Waals surface area contributed by atoms with E-state index in [1.807, 2.05) is 0 Å². The Balaban J connectivity index is 1.94. The van der Waals surface area contributed by atoms with Crippen LogP contribution in [0.4, 0.5) is 0 Å². The van der Waals surface area contributed by atoms with Gasteiger partial charge in [0.15, 0.2) is 0 Å². The van der Waals surface area contributed by atoms with Gasteiger partial charge in [-0.3, -0.25) is 4.79 Å². The molecule has 0 aliphatic heterocycles. The molecular formula is C16H26O. The van der Waals surface area contributed by atoms with E-state index in [4.69, 9.17) is 0 Å². The van der Waals surface area contributed by atoms with Gasteiger partial charge in [-0.15, -0.1) is 0 Å². The minimum Gasteiger partial charge on any atom is -0.300 e. The second-order valence-corrected chi connectivity index (χ2v) is 7.79. The maximum absolute atomic E-state index is 11.8. The van der Waals surface area contributed by atoms with Gasteiger partial charge >= 0.3 is 0 Å². The molecule has 3 fully saturated rings. The highest BCUT2D eigenvalue weighted by molar-refractivity contribution is 5.81. The Kier molecular flexibility index (Phi) is 2.48. The monoisotopic (exact) mass is 234 g/mol. The molecule has 0 aromatic rings. The molecule has 0 aromatic heterocycles. The normalized spacial score (nSPS) is 48.6. The number of carbonyl (C=O) groups excluding carboxylic acids is 1. The molecule has 3 aliphatic rings. The Morgan fingerprint density at radius 3 is 2.59 bits per heavy atom. The van der Waals surface area contributed by atoms with Gasteiger partial charge in [0, 0.05) is 12.8 Å². The van der Waals surface area contributed by atoms with Crippen LogP contribution in [0.1, 0.15) is 65.7 Å². The summed E-state index contributed by atoms with van der Waals surface area (Å²) < 4.78 is 0. The highest BCUT2D eigenvalue weighted by atomic mass is 16.1. The van der Waals surface area contributed by atoms with Crippen LogP contribution in [0.15, 0.2) is 0 Å². The number of Topliss-reactive ketones (excluding diaryl/α,β-unsaturated/α-hetero) is 1. The maximum atomic E-state index is 11.8. The van der Waals surface area contributed by atoms with Crippen LogP contribution in [0, 0.1) is 28.6 Å². The third kappa shape index (κ3) is 1.61. The second-order valence-electron chi connectivity index (χ2n) is 7.79. The van der Waals surface area contributed by atoms with Gasteiger partial charge < -0.3 is 0 Å². The van der Waals surface area contributed by atoms with Crippen molar-refractivity contribution in [3.63, 3.8) is 0 Å². The first-order valence-corrected chi connectivity index (χ1v) is 7.45. The van der Waals surface area contributed by atoms with E-state index < -0.39 is 0 Å². The molecule has 96 valence electrons. The molecule has 0 heterocycles. The van der Waals surface area contributed by atoms with Crippen LogP contribution in [0.25, 0.3) is 0 Å². The fourth-order valence-corrected chi connectivity index (χ4v) is 5.72. The SMILES string of the molecule is CC1(C)CCC[C@]2(C)[C@H]3CC(=O)C[C@H]3CC[C@@H]12. The zero-order chi connectivity index (χ0) is 12.3. The van der Waals surface area contributed by atoms with E-state index >= 15 is 0 Å². The Hall–Kier alpha value is -0.330. The molecule has 0 saturated heterocycles. The van der Waals surface area contributed by atoms with Crippen LogP contribution in [-0.4, -0.2) is 5.78 Å². The van der Waals surface area contributed by atoms with E-state index in [0.717, 1.165) is 24.7 Å². The molecule has 4 atom stereocenters. The number of hydrogen-bond donors (Lipinski definition) is 0. The zero-order valence-corrected chi connectivity index (χ0v) is 11.6. The molecule has 0 N–H and O–H groups in total. The fourth-order valence-electron chi connectivity index (χ4n) is 5.72. The summed E-state index contributed by atoms with van der Waals surface area (Å²) in [6.45, 7) is 7.44. The van der Waals surface area contributed by atoms with Crippen LogP contribution in [-0.2, 0) is 4.79 Å². The van der Waals surface area contributed by atoms with Crippen molar-refractivity contribution < 1.29 is 4.79 Å². The average Bonchev–Trinajstić information content (AvgIpc) is 2.58. The maximum Gasteiger partial charge on any atom is 0.133 e. The predicted molar refractivity (Wildman–Crippen MR) is 69.7 cm³/mol. The summed E-state index contributed by atoms with van der Waals surface area (Å²) in [5.41, 5.74) is 0.973. The van der Waals surface area contributed by atoms with Crippen molar-refractivity contribution >= 4 is 5.78 Å². The quantitative estimate of drug-likeness (QED) is 0.613. The topological polar surface area (TPSA) is 17.1 Å². The first kappa shape index (κ1) is 11.7. The number of fused-ring (bicyclic) bond motifs is 3. The minimum absolute atomic E-state index is 0.469. The molecule has 17 heavy (non-hydrogen) atoms. The van der Waals surface area contributed by atoms with Crippen LogP contribution in [0.3, 0.4) is 0 Å². The highest BCUT2D eigenvalue weighted by Crippen LogP contribution is 2.63. The van der Waals surface area contributed by atoms with Crippen LogP contribution in [0.5, 0.6) is 0 Å². The third-order valence-electron chi connectivity index (χ3n) is 6.46. The standard InChI is InChI=1S/C16H26O/c1-15(2)7-4-8-16(3)13-10-12(17)9-11(13)5-6-14(15)16/h11,13-14H,4-10H2,1-3H3/t11-,13+,14+,16-/m1/s1. The van der Waals surface area contributed by atoms with Crippen molar-refractivity contribution in [2.45, 2.75) is 65.7 Å². The lowest BCUT2D eigenvalue weighted by atomic mass is 9.47. The molecule has 0 amide bonds. The van der Waals surface area contributed by atoms with E-state index in [2.05, 4.69) is 20.8 Å². The van der Waals surface area contributed by atoms with Gasteiger partial charge in [-0.2, -0.15) is 0 Å². The Morgan fingerprint density at radius 1 is 1.06 bits per heavy atom. The molecule has 0 radical (unpaired) electrons. The van der Waals surface area contributed by atoms with Gasteiger partial charge in [0.1, 0.15) is 5.78 Å². The molecule has 1 heteroatoms. The summed E-state index contributed by atoms with van der Waals surface area (Å²) in [6.07, 6.45) is 8.62. The van der Waals surface area contributed by atoms with Crippen LogP contribution in [0.2, 0.25) is 0 Å². The van der Waals surface area contributed by atoms with E-state index in [9.17, 15) is 4.79 Å². The summed E-state index contributed by atoms with van der Waals surface area (Å²) >= 11 is 0. The summed E-state index contributed by atoms with van der Waals surface area (Å²) in [4.78, 5) is 11.8. The summed E-state index contributed by atoms with van der Waals surface area (Å²) in [5, 5.41) is 0. The van der Waals surface area contributed by atoms with Crippen molar-refractivity contribution in [3.8, 4) is 0 Å². The van der Waals surface area contributed by atoms with E-state index in [0.29, 0.717) is 22.5 Å². The zero-order valence-electron chi connectivity index (χ0n) is 11.6. The van der Waals surface area contributed by atoms with Crippen molar-refractivity contribution in [2.75, 3.05) is 0 Å². The average molecular weight is 234 g/mol. The lowest BCUT2D eigenvalue weighted by Crippen LogP contribution is -2.50. The van der Waals surface area contributed by atoms with E-state index in [-0.39, 0.29) is 0 Å². The van der Waals surface area contributed by atoms with Gasteiger partial charge in [-0.1, -0.05) is 27.2 Å². The summed E-state index contributed by atoms with van der Waals surface area (Å²) in [6, 6.07) is 0. The third-order valence-corrected chi connectivity index (χ3v) is 6.46. The van der Waals surface area contributed by atoms with Gasteiger partial charge in [0.25, 0.3) is 0 Å². The fraction of sp³-hybridized carbons (Fsp3) is 0.938. The number of rotatable bonds is 0. The van der Waals surface area contributed by atoms with Crippen molar-refractivity contribution in [1.82, 2.24) is 0 Å². The molecule has 0 unspecified atom stereocenters. The molecule has 3 saturated carbocycles. The minimum atomic E-state index is 0.469. The molecule has 0 bridgehead atoms. The first-order valence-electron chi connectivity index (χ1n) is 7.45. The number of carbonyl (C=O) groups is 1. The Morgan fingerprint density at radius 2 is 1.82 bits per heavy atom. The van der Waals surface area contributed by atoms with Gasteiger partial charge in [0.05, 0.1) is 0 Å². The largest absolute Gasteiger partial charge is 0.300 e. The lowest BCUT2D eigenvalue weighted by Gasteiger charge is -2.58. The molecule has 3 rings (SSSR count). The highest BCUT2D eigenvalue weighted by Gasteiger charge is 2.56. The smallest absolute Gasteiger partial charge is 0.133 e. The molecule has 3 aliphatic carbocycles. The Labute approximate surface area is 105 Å². The molecular weight excluding hydrogens is 208 g/mol. The van der Waals surface area contributed by atoms with Gasteiger partial charge in [-0.05, 0) is 54.3 Å². The number of hydrogen-bond acceptors (Lipinski definition) is 1. The molecule has 0 aromatic carbocycles. The van der Waals surface area contributed by atoms with Crippen LogP contribution >= 0.6 is 0 Å². The summed E-state index contributed by atoms with van der Waals surface area (Å²) in [7, 11) is 0. The van der Waals surface area contributed by atoms with Crippen LogP contribution < -0.4 is 0 Å².